The number of hydrogen-bond acceptors (Lipinski definition) is 3. The lowest BCUT2D eigenvalue weighted by molar-refractivity contribution is -0.133. The van der Waals surface area contributed by atoms with Gasteiger partial charge in [-0.2, -0.15) is 0 Å². The first-order valence-electron chi connectivity index (χ1n) is 6.11. The van der Waals surface area contributed by atoms with E-state index in [1.165, 1.54) is 0 Å². The van der Waals surface area contributed by atoms with Crippen LogP contribution in [-0.4, -0.2) is 33.9 Å². The van der Waals surface area contributed by atoms with E-state index in [9.17, 15) is 4.79 Å². The first-order chi connectivity index (χ1) is 8.95. The van der Waals surface area contributed by atoms with Gasteiger partial charge in [0.25, 0.3) is 0 Å². The number of amides is 1. The molecule has 19 heavy (non-hydrogen) atoms. The van der Waals surface area contributed by atoms with Gasteiger partial charge in [-0.05, 0) is 26.0 Å². The van der Waals surface area contributed by atoms with Crippen LogP contribution in [0.4, 0.5) is 0 Å². The van der Waals surface area contributed by atoms with Gasteiger partial charge in [-0.25, -0.2) is 0 Å². The molecule has 0 N–H and O–H groups in total. The molecular formula is C14H17BrN2O2. The summed E-state index contributed by atoms with van der Waals surface area (Å²) in [5.41, 5.74) is 1.18. The number of fused-ring (bicyclic) bond motifs is 1. The summed E-state index contributed by atoms with van der Waals surface area (Å²) in [5.74, 6) is 0.0310. The quantitative estimate of drug-likeness (QED) is 0.812. The van der Waals surface area contributed by atoms with E-state index in [-0.39, 0.29) is 17.9 Å². The molecule has 0 saturated heterocycles. The lowest BCUT2D eigenvalue weighted by Crippen LogP contribution is -2.47. The molecule has 0 fully saturated rings. The Morgan fingerprint density at radius 2 is 2.11 bits per heavy atom. The zero-order valence-electron chi connectivity index (χ0n) is 11.3. The lowest BCUT2D eigenvalue weighted by Gasteiger charge is -2.34. The maximum absolute atomic E-state index is 12.3. The molecule has 0 unspecified atom stereocenters. The largest absolute Gasteiger partial charge is 0.356 e. The molecule has 2 rings (SSSR count). The summed E-state index contributed by atoms with van der Waals surface area (Å²) in [5, 5.41) is 5.62. The Labute approximate surface area is 120 Å². The minimum absolute atomic E-state index is 0.0310. The monoisotopic (exact) mass is 324 g/mol. The van der Waals surface area contributed by atoms with Gasteiger partial charge in [0.15, 0.2) is 5.58 Å². The molecular weight excluding hydrogens is 308 g/mol. The van der Waals surface area contributed by atoms with Crippen molar-refractivity contribution in [2.75, 3.05) is 12.4 Å². The van der Waals surface area contributed by atoms with E-state index in [1.807, 2.05) is 45.2 Å². The molecule has 1 heterocycles. The molecule has 0 saturated carbocycles. The van der Waals surface area contributed by atoms with Crippen molar-refractivity contribution in [3.8, 4) is 0 Å². The Morgan fingerprint density at radius 3 is 2.79 bits per heavy atom. The van der Waals surface area contributed by atoms with Crippen LogP contribution in [0.3, 0.4) is 0 Å². The van der Waals surface area contributed by atoms with Crippen LogP contribution in [0.2, 0.25) is 0 Å². The highest BCUT2D eigenvalue weighted by Crippen LogP contribution is 2.21. The van der Waals surface area contributed by atoms with E-state index in [0.29, 0.717) is 11.3 Å². The van der Waals surface area contributed by atoms with Crippen LogP contribution in [0.15, 0.2) is 28.8 Å². The van der Waals surface area contributed by atoms with Gasteiger partial charge >= 0.3 is 0 Å². The SMILES string of the molecule is CN(C(=O)Cc1noc2ccccc12)C(C)(C)CBr. The topological polar surface area (TPSA) is 46.3 Å². The fourth-order valence-electron chi connectivity index (χ4n) is 1.75. The fraction of sp³-hybridized carbons (Fsp3) is 0.429. The number of benzene rings is 1. The van der Waals surface area contributed by atoms with Gasteiger partial charge in [-0.15, -0.1) is 0 Å². The second-order valence-electron chi connectivity index (χ2n) is 5.20. The van der Waals surface area contributed by atoms with Crippen molar-refractivity contribution in [3.05, 3.63) is 30.0 Å². The van der Waals surface area contributed by atoms with Crippen molar-refractivity contribution in [3.63, 3.8) is 0 Å². The average Bonchev–Trinajstić information content (AvgIpc) is 2.81. The van der Waals surface area contributed by atoms with Gasteiger partial charge in [0, 0.05) is 23.3 Å². The van der Waals surface area contributed by atoms with Crippen LogP contribution in [-0.2, 0) is 11.2 Å². The first-order valence-corrected chi connectivity index (χ1v) is 7.24. The summed E-state index contributed by atoms with van der Waals surface area (Å²) in [6, 6.07) is 7.57. The van der Waals surface area contributed by atoms with Crippen LogP contribution in [0.1, 0.15) is 19.5 Å². The molecule has 4 nitrogen and oxygen atoms in total. The number of alkyl halides is 1. The minimum atomic E-state index is -0.226. The summed E-state index contributed by atoms with van der Waals surface area (Å²) in [6.45, 7) is 4.03. The molecule has 0 aliphatic carbocycles. The Bertz CT molecular complexity index is 592. The zero-order chi connectivity index (χ0) is 14.0. The van der Waals surface area contributed by atoms with Gasteiger partial charge in [-0.1, -0.05) is 33.2 Å². The maximum atomic E-state index is 12.3. The van der Waals surface area contributed by atoms with E-state index < -0.39 is 0 Å². The smallest absolute Gasteiger partial charge is 0.228 e. The normalized spacial score (nSPS) is 11.8. The van der Waals surface area contributed by atoms with Crippen LogP contribution in [0, 0.1) is 0 Å². The maximum Gasteiger partial charge on any atom is 0.228 e. The second-order valence-corrected chi connectivity index (χ2v) is 5.76. The Hall–Kier alpha value is -1.36. The third kappa shape index (κ3) is 2.81. The third-order valence-corrected chi connectivity index (χ3v) is 4.75. The average molecular weight is 325 g/mol. The predicted molar refractivity (Wildman–Crippen MR) is 78.4 cm³/mol. The van der Waals surface area contributed by atoms with Gasteiger partial charge in [0.1, 0.15) is 5.69 Å². The molecule has 102 valence electrons. The van der Waals surface area contributed by atoms with Crippen molar-refractivity contribution in [1.29, 1.82) is 0 Å². The number of aromatic nitrogens is 1. The number of rotatable bonds is 4. The number of nitrogens with zero attached hydrogens (tertiary/aromatic N) is 2. The first kappa shape index (κ1) is 14.1. The van der Waals surface area contributed by atoms with E-state index >= 15 is 0 Å². The molecule has 1 aromatic heterocycles. The number of carbonyl (C=O) groups is 1. The van der Waals surface area contributed by atoms with Gasteiger partial charge in [0.2, 0.25) is 5.91 Å². The molecule has 0 aliphatic heterocycles. The van der Waals surface area contributed by atoms with E-state index in [4.69, 9.17) is 4.52 Å². The highest BCUT2D eigenvalue weighted by atomic mass is 79.9. The molecule has 0 aliphatic rings. The molecule has 1 amide bonds. The Kier molecular flexibility index (Phi) is 3.94. The van der Waals surface area contributed by atoms with Gasteiger partial charge < -0.3 is 9.42 Å². The predicted octanol–water partition coefficient (Wildman–Crippen LogP) is 3.00. The molecule has 0 bridgehead atoms. The highest BCUT2D eigenvalue weighted by Gasteiger charge is 2.27. The van der Waals surface area contributed by atoms with Crippen molar-refractivity contribution in [2.24, 2.45) is 0 Å². The molecule has 1 aromatic carbocycles. The van der Waals surface area contributed by atoms with E-state index in [1.54, 1.807) is 4.90 Å². The minimum Gasteiger partial charge on any atom is -0.356 e. The third-order valence-electron chi connectivity index (χ3n) is 3.38. The number of para-hydroxylation sites is 1. The van der Waals surface area contributed by atoms with Crippen LogP contribution >= 0.6 is 15.9 Å². The van der Waals surface area contributed by atoms with Gasteiger partial charge in [-0.3, -0.25) is 4.79 Å². The van der Waals surface area contributed by atoms with E-state index in [0.717, 1.165) is 10.7 Å². The van der Waals surface area contributed by atoms with Gasteiger partial charge in [0.05, 0.1) is 6.42 Å². The summed E-state index contributed by atoms with van der Waals surface area (Å²) in [4.78, 5) is 14.0. The lowest BCUT2D eigenvalue weighted by atomic mass is 10.1. The van der Waals surface area contributed by atoms with Crippen LogP contribution in [0.25, 0.3) is 11.0 Å². The Morgan fingerprint density at radius 1 is 1.42 bits per heavy atom. The van der Waals surface area contributed by atoms with Crippen molar-refractivity contribution in [1.82, 2.24) is 10.1 Å². The highest BCUT2D eigenvalue weighted by molar-refractivity contribution is 9.09. The molecule has 0 atom stereocenters. The molecule has 2 aromatic rings. The number of likely N-dealkylation sites (N-methyl/N-ethyl adjacent to an activating group) is 1. The number of halogens is 1. The zero-order valence-corrected chi connectivity index (χ0v) is 12.9. The van der Waals surface area contributed by atoms with Crippen molar-refractivity contribution < 1.29 is 9.32 Å². The summed E-state index contributed by atoms with van der Waals surface area (Å²) in [7, 11) is 1.81. The standard InChI is InChI=1S/C14H17BrN2O2/c1-14(2,9-15)17(3)13(18)8-11-10-6-4-5-7-12(10)19-16-11/h4-7H,8-9H2,1-3H3. The number of hydrogen-bond donors (Lipinski definition) is 0. The second kappa shape index (κ2) is 5.33. The summed E-state index contributed by atoms with van der Waals surface area (Å²) < 4.78 is 5.21. The molecule has 0 radical (unpaired) electrons. The Balaban J connectivity index is 2.20. The van der Waals surface area contributed by atoms with Crippen molar-refractivity contribution >= 4 is 32.8 Å². The fourth-order valence-corrected chi connectivity index (χ4v) is 2.13. The van der Waals surface area contributed by atoms with E-state index in [2.05, 4.69) is 21.1 Å². The van der Waals surface area contributed by atoms with Crippen LogP contribution in [0.5, 0.6) is 0 Å². The summed E-state index contributed by atoms with van der Waals surface area (Å²) >= 11 is 3.43. The van der Waals surface area contributed by atoms with Crippen LogP contribution < -0.4 is 0 Å². The van der Waals surface area contributed by atoms with Crippen molar-refractivity contribution in [2.45, 2.75) is 25.8 Å². The molecule has 5 heteroatoms. The number of carbonyl (C=O) groups excluding carboxylic acids is 1. The summed E-state index contributed by atoms with van der Waals surface area (Å²) in [6.07, 6.45) is 0.254. The molecule has 0 spiro atoms.